The fourth-order valence-corrected chi connectivity index (χ4v) is 6.26. The number of carbonyl (C=O) groups excluding carboxylic acids is 1. The van der Waals surface area contributed by atoms with Crippen LogP contribution >= 0.6 is 0 Å². The van der Waals surface area contributed by atoms with Crippen molar-refractivity contribution < 1.29 is 13.2 Å². The van der Waals surface area contributed by atoms with Gasteiger partial charge in [0.2, 0.25) is 15.9 Å². The molecule has 1 saturated carbocycles. The average molecular weight is 421 g/mol. The Labute approximate surface area is 176 Å². The van der Waals surface area contributed by atoms with Crippen molar-refractivity contribution in [1.82, 2.24) is 9.21 Å². The predicted molar refractivity (Wildman–Crippen MR) is 116 cm³/mol. The molecule has 162 valence electrons. The lowest BCUT2D eigenvalue weighted by atomic mass is 9.85. The average Bonchev–Trinajstić information content (AvgIpc) is 3.02. The van der Waals surface area contributed by atoms with Crippen molar-refractivity contribution in [2.24, 2.45) is 5.92 Å². The number of benzene rings is 1. The van der Waals surface area contributed by atoms with Crippen molar-refractivity contribution in [2.75, 3.05) is 20.1 Å². The second-order valence-corrected chi connectivity index (χ2v) is 10.7. The Kier molecular flexibility index (Phi) is 7.74. The Morgan fingerprint density at radius 3 is 2.24 bits per heavy atom. The van der Waals surface area contributed by atoms with Gasteiger partial charge >= 0.3 is 0 Å². The summed E-state index contributed by atoms with van der Waals surface area (Å²) >= 11 is 0. The smallest absolute Gasteiger partial charge is 0.243 e. The minimum absolute atomic E-state index is 0.185. The van der Waals surface area contributed by atoms with Crippen molar-refractivity contribution in [2.45, 2.75) is 82.1 Å². The largest absolute Gasteiger partial charge is 0.343 e. The zero-order valence-corrected chi connectivity index (χ0v) is 18.8. The third-order valence-electron chi connectivity index (χ3n) is 6.71. The zero-order valence-electron chi connectivity index (χ0n) is 18.0. The van der Waals surface area contributed by atoms with E-state index >= 15 is 0 Å². The first-order chi connectivity index (χ1) is 13.9. The van der Waals surface area contributed by atoms with E-state index in [4.69, 9.17) is 0 Å². The molecule has 2 atom stereocenters. The topological polar surface area (TPSA) is 57.7 Å². The summed E-state index contributed by atoms with van der Waals surface area (Å²) in [4.78, 5) is 15.0. The lowest BCUT2D eigenvalue weighted by Crippen LogP contribution is -2.42. The maximum Gasteiger partial charge on any atom is 0.243 e. The van der Waals surface area contributed by atoms with Crippen molar-refractivity contribution in [3.63, 3.8) is 0 Å². The number of sulfonamides is 1. The van der Waals surface area contributed by atoms with Gasteiger partial charge in [-0.15, -0.1) is 0 Å². The first-order valence-corrected chi connectivity index (χ1v) is 12.7. The minimum Gasteiger partial charge on any atom is -0.343 e. The van der Waals surface area contributed by atoms with Crippen LogP contribution in [-0.4, -0.2) is 49.7 Å². The van der Waals surface area contributed by atoms with Crippen molar-refractivity contribution in [3.8, 4) is 0 Å². The van der Waals surface area contributed by atoms with E-state index in [1.165, 1.54) is 19.3 Å². The molecular formula is C23H36N2O3S. The van der Waals surface area contributed by atoms with E-state index in [2.05, 4.69) is 6.92 Å². The third-order valence-corrected chi connectivity index (χ3v) is 8.62. The molecule has 2 unspecified atom stereocenters. The van der Waals surface area contributed by atoms with Crippen LogP contribution in [0.3, 0.4) is 0 Å². The molecule has 1 aliphatic carbocycles. The Bertz CT molecular complexity index is 768. The molecule has 1 amide bonds. The molecule has 29 heavy (non-hydrogen) atoms. The first kappa shape index (κ1) is 22.3. The van der Waals surface area contributed by atoms with Crippen LogP contribution in [0.25, 0.3) is 0 Å². The predicted octanol–water partition coefficient (Wildman–Crippen LogP) is 4.22. The standard InChI is InChI=1S/C23H36N2O3S/c1-19-9-5-6-10-22(19)24(2)23(26)16-13-20-11-14-21(15-12-20)29(27,28)25-17-7-3-4-8-18-25/h11-12,14-15,19,22H,3-10,13,16-18H2,1-2H3. The van der Waals surface area contributed by atoms with Crippen LogP contribution in [0.5, 0.6) is 0 Å². The summed E-state index contributed by atoms with van der Waals surface area (Å²) in [5, 5.41) is 0. The zero-order chi connectivity index (χ0) is 20.9. The molecule has 1 aromatic carbocycles. The van der Waals surface area contributed by atoms with E-state index < -0.39 is 10.0 Å². The first-order valence-electron chi connectivity index (χ1n) is 11.2. The summed E-state index contributed by atoms with van der Waals surface area (Å²) in [5.74, 6) is 0.756. The summed E-state index contributed by atoms with van der Waals surface area (Å²) in [5.41, 5.74) is 1.01. The summed E-state index contributed by atoms with van der Waals surface area (Å²) in [6.07, 6.45) is 9.99. The number of hydrogen-bond acceptors (Lipinski definition) is 3. The monoisotopic (exact) mass is 420 g/mol. The van der Waals surface area contributed by atoms with Gasteiger partial charge in [0.15, 0.2) is 0 Å². The van der Waals surface area contributed by atoms with E-state index in [0.717, 1.165) is 37.7 Å². The Morgan fingerprint density at radius 1 is 1.00 bits per heavy atom. The molecule has 0 bridgehead atoms. The Morgan fingerprint density at radius 2 is 1.62 bits per heavy atom. The van der Waals surface area contributed by atoms with Crippen LogP contribution in [-0.2, 0) is 21.2 Å². The highest BCUT2D eigenvalue weighted by Gasteiger charge is 2.28. The number of rotatable bonds is 6. The van der Waals surface area contributed by atoms with E-state index in [1.54, 1.807) is 16.4 Å². The molecule has 0 spiro atoms. The Balaban J connectivity index is 1.56. The number of carbonyl (C=O) groups is 1. The SMILES string of the molecule is CC1CCCCC1N(C)C(=O)CCc1ccc(S(=O)(=O)N2CCCCCC2)cc1. The maximum atomic E-state index is 12.9. The van der Waals surface area contributed by atoms with E-state index in [1.807, 2.05) is 24.1 Å². The van der Waals surface area contributed by atoms with E-state index in [0.29, 0.717) is 42.8 Å². The van der Waals surface area contributed by atoms with E-state index in [9.17, 15) is 13.2 Å². The van der Waals surface area contributed by atoms with Gasteiger partial charge in [-0.05, 0) is 55.7 Å². The highest BCUT2D eigenvalue weighted by Crippen LogP contribution is 2.28. The van der Waals surface area contributed by atoms with Crippen LogP contribution in [0.15, 0.2) is 29.2 Å². The molecule has 2 fully saturated rings. The molecule has 3 rings (SSSR count). The number of hydrogen-bond donors (Lipinski definition) is 0. The molecule has 1 saturated heterocycles. The second kappa shape index (κ2) is 10.1. The van der Waals surface area contributed by atoms with Gasteiger partial charge in [-0.1, -0.05) is 44.7 Å². The summed E-state index contributed by atoms with van der Waals surface area (Å²) < 4.78 is 27.4. The molecule has 0 aromatic heterocycles. The number of aryl methyl sites for hydroxylation is 1. The summed E-state index contributed by atoms with van der Waals surface area (Å²) in [6, 6.07) is 7.49. The molecule has 6 heteroatoms. The molecule has 0 radical (unpaired) electrons. The lowest BCUT2D eigenvalue weighted by Gasteiger charge is -2.36. The van der Waals surface area contributed by atoms with Crippen molar-refractivity contribution in [3.05, 3.63) is 29.8 Å². The molecular weight excluding hydrogens is 384 g/mol. The summed E-state index contributed by atoms with van der Waals surface area (Å²) in [7, 11) is -1.47. The molecule has 1 aromatic rings. The molecule has 1 heterocycles. The molecule has 1 aliphatic heterocycles. The van der Waals surface area contributed by atoms with Crippen LogP contribution in [0.2, 0.25) is 0 Å². The highest BCUT2D eigenvalue weighted by molar-refractivity contribution is 7.89. The third kappa shape index (κ3) is 5.60. The van der Waals surface area contributed by atoms with E-state index in [-0.39, 0.29) is 5.91 Å². The molecule has 5 nitrogen and oxygen atoms in total. The van der Waals surface area contributed by atoms with Crippen molar-refractivity contribution >= 4 is 15.9 Å². The van der Waals surface area contributed by atoms with Gasteiger partial charge in [-0.2, -0.15) is 4.31 Å². The van der Waals surface area contributed by atoms with Gasteiger partial charge in [0.1, 0.15) is 0 Å². The summed E-state index contributed by atoms with van der Waals surface area (Å²) in [6.45, 7) is 3.48. The fraction of sp³-hybridized carbons (Fsp3) is 0.696. The van der Waals surface area contributed by atoms with Gasteiger partial charge in [-0.25, -0.2) is 8.42 Å². The normalized spacial score (nSPS) is 24.1. The Hall–Kier alpha value is -1.40. The van der Waals surface area contributed by atoms with Crippen LogP contribution in [0, 0.1) is 5.92 Å². The maximum absolute atomic E-state index is 12.9. The fourth-order valence-electron chi connectivity index (χ4n) is 4.74. The van der Waals surface area contributed by atoms with Gasteiger partial charge in [0.25, 0.3) is 0 Å². The minimum atomic E-state index is -3.41. The van der Waals surface area contributed by atoms with Gasteiger partial charge in [0, 0.05) is 32.6 Å². The highest BCUT2D eigenvalue weighted by atomic mass is 32.2. The second-order valence-electron chi connectivity index (χ2n) is 8.80. The van der Waals surface area contributed by atoms with Crippen LogP contribution in [0.4, 0.5) is 0 Å². The van der Waals surface area contributed by atoms with Crippen LogP contribution in [0.1, 0.15) is 70.3 Å². The van der Waals surface area contributed by atoms with Crippen molar-refractivity contribution in [1.29, 1.82) is 0 Å². The number of nitrogens with zero attached hydrogens (tertiary/aromatic N) is 2. The van der Waals surface area contributed by atoms with Crippen LogP contribution < -0.4 is 0 Å². The van der Waals surface area contributed by atoms with Gasteiger partial charge in [0.05, 0.1) is 4.90 Å². The quantitative estimate of drug-likeness (QED) is 0.692. The van der Waals surface area contributed by atoms with Gasteiger partial charge < -0.3 is 4.90 Å². The van der Waals surface area contributed by atoms with Gasteiger partial charge in [-0.3, -0.25) is 4.79 Å². The molecule has 0 N–H and O–H groups in total. The lowest BCUT2D eigenvalue weighted by molar-refractivity contribution is -0.133. The molecule has 2 aliphatic rings. The number of amides is 1.